The normalized spacial score (nSPS) is 11.4. The molecule has 0 atom stereocenters. The molecule has 0 saturated heterocycles. The second kappa shape index (κ2) is 7.80. The molecule has 27 heavy (non-hydrogen) atoms. The molecule has 0 bridgehead atoms. The lowest BCUT2D eigenvalue weighted by molar-refractivity contribution is 0.107. The van der Waals surface area contributed by atoms with Crippen LogP contribution >= 0.6 is 0 Å². The maximum absolute atomic E-state index is 8.68. The van der Waals surface area contributed by atoms with Crippen molar-refractivity contribution in [3.05, 3.63) is 90.0 Å². The Kier molecular flexibility index (Phi) is 4.89. The van der Waals surface area contributed by atoms with Crippen LogP contribution < -0.4 is 0 Å². The minimum Gasteiger partial charge on any atom is -0.411 e. The van der Waals surface area contributed by atoms with E-state index in [0.717, 1.165) is 33.4 Å². The summed E-state index contributed by atoms with van der Waals surface area (Å²) in [4.78, 5) is 8.54. The van der Waals surface area contributed by atoms with Crippen molar-refractivity contribution in [2.24, 2.45) is 5.16 Å². The van der Waals surface area contributed by atoms with Crippen molar-refractivity contribution in [1.29, 1.82) is 0 Å². The summed E-state index contributed by atoms with van der Waals surface area (Å²) in [7, 11) is 0. The van der Waals surface area contributed by atoms with E-state index in [0.29, 0.717) is 13.2 Å². The van der Waals surface area contributed by atoms with Gasteiger partial charge in [0.1, 0.15) is 6.33 Å². The quantitative estimate of drug-likeness (QED) is 0.322. The Labute approximate surface area is 156 Å². The molecule has 2 aromatic carbocycles. The number of nitrogens with zero attached hydrogens (tertiary/aromatic N) is 4. The number of fused-ring (bicyclic) bond motifs is 1. The lowest BCUT2D eigenvalue weighted by Crippen LogP contribution is -1.97. The van der Waals surface area contributed by atoms with E-state index in [1.807, 2.05) is 59.3 Å². The molecule has 0 fully saturated rings. The topological polar surface area (TPSA) is 72.5 Å². The van der Waals surface area contributed by atoms with Crippen LogP contribution in [0.4, 0.5) is 0 Å². The predicted molar refractivity (Wildman–Crippen MR) is 103 cm³/mol. The highest BCUT2D eigenvalue weighted by Gasteiger charge is 2.06. The van der Waals surface area contributed by atoms with Gasteiger partial charge in [0, 0.05) is 18.1 Å². The maximum atomic E-state index is 8.68. The van der Waals surface area contributed by atoms with Crippen LogP contribution in [0.15, 0.2) is 78.5 Å². The number of rotatable bonds is 6. The van der Waals surface area contributed by atoms with Gasteiger partial charge in [-0.2, -0.15) is 0 Å². The Balaban J connectivity index is 1.53. The average Bonchev–Trinajstić information content (AvgIpc) is 3.13. The Morgan fingerprint density at radius 2 is 1.93 bits per heavy atom. The Morgan fingerprint density at radius 3 is 2.78 bits per heavy atom. The smallest absolute Gasteiger partial charge is 0.100 e. The fourth-order valence-electron chi connectivity index (χ4n) is 2.95. The summed E-state index contributed by atoms with van der Waals surface area (Å²) in [6.07, 6.45) is 6.74. The molecule has 0 aliphatic carbocycles. The SMILES string of the molecule is ON=Cc1ccc2c(c1)ncn2-c1cccc(COCc2cccnc2)c1. The molecular formula is C21H18N4O2. The minimum absolute atomic E-state index is 0.520. The first-order chi connectivity index (χ1) is 13.3. The molecule has 0 unspecified atom stereocenters. The zero-order valence-corrected chi connectivity index (χ0v) is 14.6. The van der Waals surface area contributed by atoms with Gasteiger partial charge >= 0.3 is 0 Å². The van der Waals surface area contributed by atoms with Crippen LogP contribution in [0.3, 0.4) is 0 Å². The monoisotopic (exact) mass is 358 g/mol. The highest BCUT2D eigenvalue weighted by atomic mass is 16.5. The van der Waals surface area contributed by atoms with Gasteiger partial charge in [-0.1, -0.05) is 29.4 Å². The fourth-order valence-corrected chi connectivity index (χ4v) is 2.95. The van der Waals surface area contributed by atoms with Crippen molar-refractivity contribution < 1.29 is 9.94 Å². The maximum Gasteiger partial charge on any atom is 0.100 e. The van der Waals surface area contributed by atoms with Gasteiger partial charge in [0.05, 0.1) is 30.5 Å². The van der Waals surface area contributed by atoms with Gasteiger partial charge in [-0.25, -0.2) is 4.98 Å². The standard InChI is InChI=1S/C21H18N4O2/c26-24-12-16-6-7-21-20(10-16)23-15-25(21)19-5-1-3-17(9-19)13-27-14-18-4-2-8-22-11-18/h1-12,15,26H,13-14H2. The molecular weight excluding hydrogens is 340 g/mol. The number of benzene rings is 2. The van der Waals surface area contributed by atoms with E-state index in [9.17, 15) is 0 Å². The summed E-state index contributed by atoms with van der Waals surface area (Å²) in [5, 5.41) is 11.7. The molecule has 0 aliphatic heterocycles. The lowest BCUT2D eigenvalue weighted by atomic mass is 10.2. The largest absolute Gasteiger partial charge is 0.411 e. The summed E-state index contributed by atoms with van der Waals surface area (Å²) < 4.78 is 7.83. The summed E-state index contributed by atoms with van der Waals surface area (Å²) in [6, 6.07) is 17.8. The van der Waals surface area contributed by atoms with Crippen molar-refractivity contribution >= 4 is 17.2 Å². The number of imidazole rings is 1. The molecule has 0 aliphatic rings. The lowest BCUT2D eigenvalue weighted by Gasteiger charge is -2.08. The Morgan fingerprint density at radius 1 is 1.04 bits per heavy atom. The van der Waals surface area contributed by atoms with E-state index in [2.05, 4.69) is 21.2 Å². The molecule has 4 rings (SSSR count). The van der Waals surface area contributed by atoms with E-state index in [1.54, 1.807) is 12.5 Å². The molecule has 1 N–H and O–H groups in total. The fraction of sp³-hybridized carbons (Fsp3) is 0.0952. The number of aromatic nitrogens is 3. The molecule has 0 saturated carbocycles. The van der Waals surface area contributed by atoms with Crippen molar-refractivity contribution in [3.63, 3.8) is 0 Å². The van der Waals surface area contributed by atoms with Gasteiger partial charge in [0.25, 0.3) is 0 Å². The summed E-state index contributed by atoms with van der Waals surface area (Å²) in [6.45, 7) is 1.05. The van der Waals surface area contributed by atoms with Crippen LogP contribution in [0.25, 0.3) is 16.7 Å². The molecule has 0 spiro atoms. The Bertz CT molecular complexity index is 1070. The molecule has 6 heteroatoms. The summed E-state index contributed by atoms with van der Waals surface area (Å²) in [5.41, 5.74) is 5.78. The predicted octanol–water partition coefficient (Wildman–Crippen LogP) is 3.95. The molecule has 2 aromatic heterocycles. The number of hydrogen-bond donors (Lipinski definition) is 1. The van der Waals surface area contributed by atoms with Crippen LogP contribution in [0.5, 0.6) is 0 Å². The Hall–Kier alpha value is -3.51. The van der Waals surface area contributed by atoms with Gasteiger partial charge in [-0.3, -0.25) is 9.55 Å². The van der Waals surface area contributed by atoms with Gasteiger partial charge in [0.15, 0.2) is 0 Å². The van der Waals surface area contributed by atoms with E-state index >= 15 is 0 Å². The first-order valence-corrected chi connectivity index (χ1v) is 8.54. The molecule has 0 radical (unpaired) electrons. The zero-order chi connectivity index (χ0) is 18.5. The molecule has 134 valence electrons. The average molecular weight is 358 g/mol. The van der Waals surface area contributed by atoms with Crippen LogP contribution in [0.1, 0.15) is 16.7 Å². The third kappa shape index (κ3) is 3.86. The number of hydrogen-bond acceptors (Lipinski definition) is 5. The molecule has 4 aromatic rings. The number of pyridine rings is 1. The van der Waals surface area contributed by atoms with Gasteiger partial charge in [0.2, 0.25) is 0 Å². The molecule has 6 nitrogen and oxygen atoms in total. The summed E-state index contributed by atoms with van der Waals surface area (Å²) >= 11 is 0. The second-order valence-electron chi connectivity index (χ2n) is 6.13. The van der Waals surface area contributed by atoms with E-state index < -0.39 is 0 Å². The van der Waals surface area contributed by atoms with Gasteiger partial charge in [-0.15, -0.1) is 0 Å². The van der Waals surface area contributed by atoms with Crippen LogP contribution in [0.2, 0.25) is 0 Å². The first kappa shape index (κ1) is 16.9. The van der Waals surface area contributed by atoms with Crippen molar-refractivity contribution in [2.45, 2.75) is 13.2 Å². The third-order valence-corrected chi connectivity index (χ3v) is 4.23. The van der Waals surface area contributed by atoms with Gasteiger partial charge in [-0.05, 0) is 47.0 Å². The zero-order valence-electron chi connectivity index (χ0n) is 14.6. The van der Waals surface area contributed by atoms with Crippen molar-refractivity contribution in [1.82, 2.24) is 14.5 Å². The highest BCUT2D eigenvalue weighted by Crippen LogP contribution is 2.20. The second-order valence-corrected chi connectivity index (χ2v) is 6.13. The van der Waals surface area contributed by atoms with Crippen LogP contribution in [-0.2, 0) is 18.0 Å². The highest BCUT2D eigenvalue weighted by molar-refractivity contribution is 5.87. The van der Waals surface area contributed by atoms with E-state index in [-0.39, 0.29) is 0 Å². The first-order valence-electron chi connectivity index (χ1n) is 8.54. The van der Waals surface area contributed by atoms with Crippen molar-refractivity contribution in [2.75, 3.05) is 0 Å². The van der Waals surface area contributed by atoms with E-state index in [1.165, 1.54) is 6.21 Å². The van der Waals surface area contributed by atoms with Crippen molar-refractivity contribution in [3.8, 4) is 5.69 Å². The van der Waals surface area contributed by atoms with Crippen LogP contribution in [0, 0.1) is 0 Å². The number of ether oxygens (including phenoxy) is 1. The third-order valence-electron chi connectivity index (χ3n) is 4.23. The van der Waals surface area contributed by atoms with E-state index in [4.69, 9.17) is 9.94 Å². The van der Waals surface area contributed by atoms with Crippen LogP contribution in [-0.4, -0.2) is 26.0 Å². The minimum atomic E-state index is 0.520. The van der Waals surface area contributed by atoms with Gasteiger partial charge < -0.3 is 9.94 Å². The molecule has 2 heterocycles. The number of oxime groups is 1. The summed E-state index contributed by atoms with van der Waals surface area (Å²) in [5.74, 6) is 0. The molecule has 0 amide bonds.